The quantitative estimate of drug-likeness (QED) is 0.310. The molecule has 3 rings (SSSR count). The van der Waals surface area contributed by atoms with Gasteiger partial charge in [-0.1, -0.05) is 23.7 Å². The Kier molecular flexibility index (Phi) is 6.75. The summed E-state index contributed by atoms with van der Waals surface area (Å²) in [4.78, 5) is 25.5. The van der Waals surface area contributed by atoms with Crippen molar-refractivity contribution in [2.45, 2.75) is 24.8 Å². The van der Waals surface area contributed by atoms with Gasteiger partial charge in [-0.25, -0.2) is 4.79 Å². The van der Waals surface area contributed by atoms with Crippen molar-refractivity contribution in [2.75, 3.05) is 17.8 Å². The third-order valence-electron chi connectivity index (χ3n) is 5.13. The van der Waals surface area contributed by atoms with Crippen molar-refractivity contribution in [2.24, 2.45) is 7.05 Å². The Morgan fingerprint density at radius 2 is 1.97 bits per heavy atom. The first-order chi connectivity index (χ1) is 14.3. The summed E-state index contributed by atoms with van der Waals surface area (Å²) in [6, 6.07) is 12.6. The Bertz CT molecular complexity index is 1080. The van der Waals surface area contributed by atoms with Gasteiger partial charge >= 0.3 is 5.97 Å². The largest absolute Gasteiger partial charge is 0.611 e. The number of amides is 1. The van der Waals surface area contributed by atoms with Gasteiger partial charge < -0.3 is 13.9 Å². The molecule has 6 nitrogen and oxygen atoms in total. The molecule has 0 N–H and O–H groups in total. The van der Waals surface area contributed by atoms with Gasteiger partial charge in [0.15, 0.2) is 4.90 Å². The zero-order chi connectivity index (χ0) is 22.0. The van der Waals surface area contributed by atoms with E-state index in [1.807, 2.05) is 55.8 Å². The number of carbonyl (C=O) groups excluding carboxylic acids is 2. The molecule has 1 heterocycles. The lowest BCUT2D eigenvalue weighted by atomic mass is 10.1. The lowest BCUT2D eigenvalue weighted by Crippen LogP contribution is -2.27. The van der Waals surface area contributed by atoms with Crippen LogP contribution < -0.4 is 4.90 Å². The first kappa shape index (κ1) is 22.2. The van der Waals surface area contributed by atoms with Gasteiger partial charge in [0.1, 0.15) is 5.82 Å². The minimum atomic E-state index is -1.48. The first-order valence-corrected chi connectivity index (χ1v) is 11.0. The number of methoxy groups -OCH3 is 1. The number of nitrogens with zero attached hydrogens (tertiary/aromatic N) is 2. The molecule has 0 spiro atoms. The number of hydrogen-bond donors (Lipinski definition) is 0. The zero-order valence-electron chi connectivity index (χ0n) is 17.2. The van der Waals surface area contributed by atoms with Crippen LogP contribution in [0.15, 0.2) is 47.4 Å². The third-order valence-corrected chi connectivity index (χ3v) is 6.74. The molecule has 0 saturated carbocycles. The number of aromatic nitrogens is 1. The van der Waals surface area contributed by atoms with E-state index in [0.29, 0.717) is 9.92 Å². The molecule has 0 fully saturated rings. The maximum Gasteiger partial charge on any atom is 0.356 e. The first-order valence-electron chi connectivity index (χ1n) is 9.31. The maximum atomic E-state index is 12.2. The lowest BCUT2D eigenvalue weighted by molar-refractivity contribution is -0.137. The molecule has 1 amide bonds. The van der Waals surface area contributed by atoms with Crippen molar-refractivity contribution in [1.29, 1.82) is 0 Å². The van der Waals surface area contributed by atoms with Crippen LogP contribution in [0.2, 0.25) is 5.02 Å². The number of aryl methyl sites for hydroxylation is 2. The van der Waals surface area contributed by atoms with E-state index in [4.69, 9.17) is 11.6 Å². The Labute approximate surface area is 183 Å². The highest BCUT2D eigenvalue weighted by Crippen LogP contribution is 2.34. The molecule has 8 heteroatoms. The number of ether oxygens (including phenoxy) is 1. The van der Waals surface area contributed by atoms with Gasteiger partial charge in [0.05, 0.1) is 23.7 Å². The van der Waals surface area contributed by atoms with Gasteiger partial charge in [-0.15, -0.1) is 0 Å². The van der Waals surface area contributed by atoms with Crippen LogP contribution >= 0.6 is 11.6 Å². The summed E-state index contributed by atoms with van der Waals surface area (Å²) >= 11 is 4.92. The smallest absolute Gasteiger partial charge is 0.356 e. The van der Waals surface area contributed by atoms with Crippen LogP contribution in [0.5, 0.6) is 0 Å². The zero-order valence-corrected chi connectivity index (χ0v) is 18.8. The minimum absolute atomic E-state index is 0.192. The van der Waals surface area contributed by atoms with Gasteiger partial charge in [-0.2, -0.15) is 0 Å². The number of hydrogen-bond acceptors (Lipinski definition) is 4. The Hall–Kier alpha value is -2.48. The van der Waals surface area contributed by atoms with Crippen molar-refractivity contribution in [3.63, 3.8) is 0 Å². The number of anilines is 1. The molecule has 0 aliphatic heterocycles. The molecule has 158 valence electrons. The monoisotopic (exact) mass is 446 g/mol. The number of esters is 1. The van der Waals surface area contributed by atoms with Gasteiger partial charge in [0.25, 0.3) is 0 Å². The summed E-state index contributed by atoms with van der Waals surface area (Å²) in [6.07, 6.45) is 0.795. The summed E-state index contributed by atoms with van der Waals surface area (Å²) < 4.78 is 18.7. The molecule has 2 aromatic carbocycles. The van der Waals surface area contributed by atoms with Crippen molar-refractivity contribution in [3.05, 3.63) is 58.6 Å². The topological polar surface area (TPSA) is 74.6 Å². The second-order valence-electron chi connectivity index (χ2n) is 7.06. The van der Waals surface area contributed by atoms with E-state index in [9.17, 15) is 14.1 Å². The highest BCUT2D eigenvalue weighted by atomic mass is 35.5. The third kappa shape index (κ3) is 4.33. The SMILES string of the molecule is COC(=O)C[S@+]([O-])c1ccc([C@@H](C)N(C=O)c2cc3c(Cl)cc(C)cc3n2C)cc1. The van der Waals surface area contributed by atoms with Crippen LogP contribution in [-0.4, -0.2) is 34.4 Å². The number of rotatable bonds is 7. The molecule has 0 saturated heterocycles. The number of fused-ring (bicyclic) bond motifs is 1. The average molecular weight is 447 g/mol. The van der Waals surface area contributed by atoms with Crippen molar-refractivity contribution >= 4 is 51.9 Å². The normalized spacial score (nSPS) is 13.1. The molecular weight excluding hydrogens is 424 g/mol. The van der Waals surface area contributed by atoms with Gasteiger partial charge in [-0.3, -0.25) is 9.69 Å². The fourth-order valence-electron chi connectivity index (χ4n) is 3.40. The predicted molar refractivity (Wildman–Crippen MR) is 119 cm³/mol. The summed E-state index contributed by atoms with van der Waals surface area (Å²) in [7, 11) is 3.16. The molecule has 0 radical (unpaired) electrons. The van der Waals surface area contributed by atoms with E-state index in [0.717, 1.165) is 34.3 Å². The van der Waals surface area contributed by atoms with Crippen LogP contribution in [0, 0.1) is 6.92 Å². The highest BCUT2D eigenvalue weighted by Gasteiger charge is 2.22. The maximum absolute atomic E-state index is 12.2. The van der Waals surface area contributed by atoms with Crippen LogP contribution in [-0.2, 0) is 32.5 Å². The van der Waals surface area contributed by atoms with E-state index in [1.54, 1.807) is 17.0 Å². The van der Waals surface area contributed by atoms with Crippen molar-refractivity contribution < 1.29 is 18.9 Å². The molecule has 0 bridgehead atoms. The number of carbonyl (C=O) groups is 2. The molecular formula is C22H23ClN2O4S. The second kappa shape index (κ2) is 9.12. The van der Waals surface area contributed by atoms with E-state index in [-0.39, 0.29) is 11.8 Å². The average Bonchev–Trinajstić information content (AvgIpc) is 3.05. The summed E-state index contributed by atoms with van der Waals surface area (Å²) in [5.74, 6) is 0.00282. The summed E-state index contributed by atoms with van der Waals surface area (Å²) in [6.45, 7) is 3.89. The Morgan fingerprint density at radius 1 is 1.30 bits per heavy atom. The molecule has 1 aromatic heterocycles. The standard InChI is InChI=1S/C22H23ClN2O4S/c1-14-9-19(23)18-11-21(24(3)20(18)10-14)25(13-26)15(2)16-5-7-17(8-6-16)30(28)12-22(27)29-4/h5-11,13,15H,12H2,1-4H3/t15-,30+/m1/s1. The second-order valence-corrected chi connectivity index (χ2v) is 8.92. The van der Waals surface area contributed by atoms with E-state index in [2.05, 4.69) is 4.74 Å². The molecule has 0 aliphatic rings. The number of benzene rings is 2. The Morgan fingerprint density at radius 3 is 2.57 bits per heavy atom. The van der Waals surface area contributed by atoms with Crippen LogP contribution in [0.1, 0.15) is 24.1 Å². The lowest BCUT2D eigenvalue weighted by Gasteiger charge is -2.26. The van der Waals surface area contributed by atoms with E-state index < -0.39 is 17.1 Å². The minimum Gasteiger partial charge on any atom is -0.611 e. The van der Waals surface area contributed by atoms with Crippen LogP contribution in [0.3, 0.4) is 0 Å². The van der Waals surface area contributed by atoms with Crippen molar-refractivity contribution in [1.82, 2.24) is 4.57 Å². The Balaban J connectivity index is 1.90. The molecule has 0 unspecified atom stereocenters. The summed E-state index contributed by atoms with van der Waals surface area (Å²) in [5, 5.41) is 1.52. The van der Waals surface area contributed by atoms with E-state index in [1.165, 1.54) is 7.11 Å². The number of halogens is 1. The van der Waals surface area contributed by atoms with Gasteiger partial charge in [0.2, 0.25) is 12.2 Å². The van der Waals surface area contributed by atoms with Crippen molar-refractivity contribution in [3.8, 4) is 0 Å². The van der Waals surface area contributed by atoms with Gasteiger partial charge in [0, 0.05) is 12.4 Å². The fraction of sp³-hybridized carbons (Fsp3) is 0.273. The molecule has 2 atom stereocenters. The van der Waals surface area contributed by atoms with Gasteiger partial charge in [-0.05, 0) is 66.5 Å². The summed E-state index contributed by atoms with van der Waals surface area (Å²) in [5.41, 5.74) is 2.86. The molecule has 0 aliphatic carbocycles. The molecule has 30 heavy (non-hydrogen) atoms. The van der Waals surface area contributed by atoms with Crippen LogP contribution in [0.4, 0.5) is 5.82 Å². The van der Waals surface area contributed by atoms with E-state index >= 15 is 0 Å². The highest BCUT2D eigenvalue weighted by molar-refractivity contribution is 7.92. The molecule has 3 aromatic rings. The van der Waals surface area contributed by atoms with Crippen LogP contribution in [0.25, 0.3) is 10.9 Å². The predicted octanol–water partition coefficient (Wildman–Crippen LogP) is 4.14. The fourth-order valence-corrected chi connectivity index (χ4v) is 4.67.